The highest BCUT2D eigenvalue weighted by molar-refractivity contribution is 9.10. The molecule has 2 heteroatoms. The number of hydrogen-bond donors (Lipinski definition) is 1. The van der Waals surface area contributed by atoms with Gasteiger partial charge in [0.05, 0.1) is 0 Å². The molecule has 1 nitrogen and oxygen atoms in total. The standard InChI is InChI=1S/C19H22BrN/c1-14-5-2-3-6-15(14)11-17(13-21-19-9-10-19)16-7-4-8-18(20)12-16/h2-8,12,17,19,21H,9-11,13H2,1H3. The molecule has 1 aliphatic rings. The molecule has 0 spiro atoms. The molecule has 3 rings (SSSR count). The molecule has 2 aromatic carbocycles. The summed E-state index contributed by atoms with van der Waals surface area (Å²) in [6, 6.07) is 18.3. The fourth-order valence-electron chi connectivity index (χ4n) is 2.77. The van der Waals surface area contributed by atoms with Crippen LogP contribution >= 0.6 is 15.9 Å². The van der Waals surface area contributed by atoms with Gasteiger partial charge in [0.15, 0.2) is 0 Å². The van der Waals surface area contributed by atoms with Crippen molar-refractivity contribution in [3.63, 3.8) is 0 Å². The number of nitrogens with one attached hydrogen (secondary N) is 1. The van der Waals surface area contributed by atoms with E-state index in [0.717, 1.165) is 19.0 Å². The highest BCUT2D eigenvalue weighted by atomic mass is 79.9. The van der Waals surface area contributed by atoms with Crippen molar-refractivity contribution in [2.75, 3.05) is 6.54 Å². The summed E-state index contributed by atoms with van der Waals surface area (Å²) in [6.45, 7) is 3.27. The van der Waals surface area contributed by atoms with E-state index in [-0.39, 0.29) is 0 Å². The van der Waals surface area contributed by atoms with Gasteiger partial charge in [-0.1, -0.05) is 52.3 Å². The molecule has 0 saturated heterocycles. The summed E-state index contributed by atoms with van der Waals surface area (Å²) < 4.78 is 1.17. The first-order chi connectivity index (χ1) is 10.2. The lowest BCUT2D eigenvalue weighted by Gasteiger charge is -2.20. The summed E-state index contributed by atoms with van der Waals surface area (Å²) in [6.07, 6.45) is 3.79. The average Bonchev–Trinajstić information content (AvgIpc) is 3.29. The van der Waals surface area contributed by atoms with Crippen molar-refractivity contribution in [2.45, 2.75) is 38.1 Å². The number of rotatable bonds is 6. The third-order valence-electron chi connectivity index (χ3n) is 4.28. The van der Waals surface area contributed by atoms with Gasteiger partial charge in [0.1, 0.15) is 0 Å². The fourth-order valence-corrected chi connectivity index (χ4v) is 3.19. The SMILES string of the molecule is Cc1ccccc1CC(CNC1CC1)c1cccc(Br)c1. The molecule has 2 aromatic rings. The van der Waals surface area contributed by atoms with Crippen LogP contribution in [0.15, 0.2) is 53.0 Å². The fraction of sp³-hybridized carbons (Fsp3) is 0.368. The quantitative estimate of drug-likeness (QED) is 0.791. The van der Waals surface area contributed by atoms with Crippen LogP contribution in [0.5, 0.6) is 0 Å². The van der Waals surface area contributed by atoms with Crippen LogP contribution < -0.4 is 5.32 Å². The van der Waals surface area contributed by atoms with E-state index in [1.165, 1.54) is 34.0 Å². The Morgan fingerprint density at radius 3 is 2.67 bits per heavy atom. The van der Waals surface area contributed by atoms with E-state index in [4.69, 9.17) is 0 Å². The van der Waals surface area contributed by atoms with Crippen molar-refractivity contribution in [3.05, 3.63) is 69.7 Å². The van der Waals surface area contributed by atoms with Crippen molar-refractivity contribution < 1.29 is 0 Å². The Balaban J connectivity index is 1.79. The van der Waals surface area contributed by atoms with E-state index in [9.17, 15) is 0 Å². The number of benzene rings is 2. The normalized spacial score (nSPS) is 15.9. The smallest absolute Gasteiger partial charge is 0.0178 e. The van der Waals surface area contributed by atoms with Crippen molar-refractivity contribution in [3.8, 4) is 0 Å². The highest BCUT2D eigenvalue weighted by Crippen LogP contribution is 2.26. The lowest BCUT2D eigenvalue weighted by Crippen LogP contribution is -2.25. The van der Waals surface area contributed by atoms with Gasteiger partial charge in [-0.15, -0.1) is 0 Å². The van der Waals surface area contributed by atoms with Gasteiger partial charge in [-0.2, -0.15) is 0 Å². The van der Waals surface area contributed by atoms with E-state index in [1.807, 2.05) is 0 Å². The van der Waals surface area contributed by atoms with E-state index in [2.05, 4.69) is 76.7 Å². The van der Waals surface area contributed by atoms with Crippen LogP contribution in [0, 0.1) is 6.92 Å². The maximum atomic E-state index is 3.70. The minimum Gasteiger partial charge on any atom is -0.313 e. The first kappa shape index (κ1) is 14.8. The molecule has 110 valence electrons. The van der Waals surface area contributed by atoms with E-state index in [1.54, 1.807) is 0 Å². The second-order valence-corrected chi connectivity index (χ2v) is 6.98. The molecule has 0 bridgehead atoms. The Hall–Kier alpha value is -1.12. The zero-order valence-electron chi connectivity index (χ0n) is 12.5. The van der Waals surface area contributed by atoms with Crippen LogP contribution in [-0.4, -0.2) is 12.6 Å². The molecule has 1 atom stereocenters. The summed E-state index contributed by atoms with van der Waals surface area (Å²) in [5.41, 5.74) is 4.27. The average molecular weight is 344 g/mol. The third-order valence-corrected chi connectivity index (χ3v) is 4.77. The topological polar surface area (TPSA) is 12.0 Å². The van der Waals surface area contributed by atoms with Crippen molar-refractivity contribution in [2.24, 2.45) is 0 Å². The highest BCUT2D eigenvalue weighted by Gasteiger charge is 2.23. The van der Waals surface area contributed by atoms with Gasteiger partial charge < -0.3 is 5.32 Å². The Labute approximate surface area is 135 Å². The largest absolute Gasteiger partial charge is 0.313 e. The molecule has 1 unspecified atom stereocenters. The van der Waals surface area contributed by atoms with Gasteiger partial charge in [0.2, 0.25) is 0 Å². The second-order valence-electron chi connectivity index (χ2n) is 6.07. The third kappa shape index (κ3) is 4.18. The van der Waals surface area contributed by atoms with Crippen LogP contribution in [0.25, 0.3) is 0 Å². The minimum absolute atomic E-state index is 0.532. The summed E-state index contributed by atoms with van der Waals surface area (Å²) >= 11 is 3.60. The monoisotopic (exact) mass is 343 g/mol. The minimum atomic E-state index is 0.532. The molecule has 0 aliphatic heterocycles. The zero-order valence-corrected chi connectivity index (χ0v) is 14.1. The van der Waals surface area contributed by atoms with Gasteiger partial charge >= 0.3 is 0 Å². The summed E-state index contributed by atoms with van der Waals surface area (Å²) in [7, 11) is 0. The van der Waals surface area contributed by atoms with E-state index < -0.39 is 0 Å². The lowest BCUT2D eigenvalue weighted by molar-refractivity contribution is 0.576. The predicted molar refractivity (Wildman–Crippen MR) is 92.8 cm³/mol. The maximum absolute atomic E-state index is 3.70. The first-order valence-electron chi connectivity index (χ1n) is 7.76. The molecule has 21 heavy (non-hydrogen) atoms. The van der Waals surface area contributed by atoms with Crippen LogP contribution in [0.2, 0.25) is 0 Å². The van der Waals surface area contributed by atoms with E-state index in [0.29, 0.717) is 5.92 Å². The molecule has 0 aromatic heterocycles. The van der Waals surface area contributed by atoms with Crippen molar-refractivity contribution >= 4 is 15.9 Å². The van der Waals surface area contributed by atoms with Gasteiger partial charge in [0, 0.05) is 23.0 Å². The number of halogens is 1. The van der Waals surface area contributed by atoms with Crippen LogP contribution in [0.4, 0.5) is 0 Å². The molecule has 0 heterocycles. The van der Waals surface area contributed by atoms with Gasteiger partial charge in [-0.05, 0) is 55.0 Å². The maximum Gasteiger partial charge on any atom is 0.0178 e. The van der Waals surface area contributed by atoms with Crippen molar-refractivity contribution in [1.29, 1.82) is 0 Å². The molecule has 1 aliphatic carbocycles. The second kappa shape index (κ2) is 6.76. The summed E-state index contributed by atoms with van der Waals surface area (Å²) in [5.74, 6) is 0.532. The summed E-state index contributed by atoms with van der Waals surface area (Å²) in [5, 5.41) is 3.70. The molecule has 0 radical (unpaired) electrons. The van der Waals surface area contributed by atoms with Crippen LogP contribution in [0.1, 0.15) is 35.4 Å². The molecule has 1 N–H and O–H groups in total. The number of aryl methyl sites for hydroxylation is 1. The van der Waals surface area contributed by atoms with Gasteiger partial charge in [-0.3, -0.25) is 0 Å². The zero-order chi connectivity index (χ0) is 14.7. The first-order valence-corrected chi connectivity index (χ1v) is 8.55. The molecule has 0 amide bonds. The van der Waals surface area contributed by atoms with E-state index >= 15 is 0 Å². The molecular weight excluding hydrogens is 322 g/mol. The lowest BCUT2D eigenvalue weighted by atomic mass is 9.90. The molecule has 1 fully saturated rings. The van der Waals surface area contributed by atoms with Gasteiger partial charge in [-0.25, -0.2) is 0 Å². The van der Waals surface area contributed by atoms with Crippen molar-refractivity contribution in [1.82, 2.24) is 5.32 Å². The van der Waals surface area contributed by atoms with Gasteiger partial charge in [0.25, 0.3) is 0 Å². The Kier molecular flexibility index (Phi) is 4.77. The number of hydrogen-bond acceptors (Lipinski definition) is 1. The Bertz CT molecular complexity index is 604. The van der Waals surface area contributed by atoms with Crippen LogP contribution in [0.3, 0.4) is 0 Å². The Morgan fingerprint density at radius 1 is 1.14 bits per heavy atom. The summed E-state index contributed by atoms with van der Waals surface area (Å²) in [4.78, 5) is 0. The van der Waals surface area contributed by atoms with Crippen LogP contribution in [-0.2, 0) is 6.42 Å². The Morgan fingerprint density at radius 2 is 1.95 bits per heavy atom. The predicted octanol–water partition coefficient (Wildman–Crippen LogP) is 4.84. The molecule has 1 saturated carbocycles. The molecular formula is C19H22BrN.